The highest BCUT2D eigenvalue weighted by Crippen LogP contribution is 2.32. The Morgan fingerprint density at radius 1 is 1.04 bits per heavy atom. The smallest absolute Gasteiger partial charge is 0.229 e. The summed E-state index contributed by atoms with van der Waals surface area (Å²) in [6.45, 7) is 0.369. The Morgan fingerprint density at radius 3 is 2.63 bits per heavy atom. The average molecular weight is 360 g/mol. The van der Waals surface area contributed by atoms with E-state index in [4.69, 9.17) is 4.74 Å². The van der Waals surface area contributed by atoms with E-state index in [1.54, 1.807) is 24.1 Å². The Balaban J connectivity index is 1.56. The Labute approximate surface area is 157 Å². The monoisotopic (exact) mass is 360 g/mol. The van der Waals surface area contributed by atoms with E-state index in [-0.39, 0.29) is 18.2 Å². The Morgan fingerprint density at radius 2 is 1.78 bits per heavy atom. The number of carbonyl (C=O) groups excluding carboxylic acids is 2. The summed E-state index contributed by atoms with van der Waals surface area (Å²) in [7, 11) is 1.56. The largest absolute Gasteiger partial charge is 0.495 e. The van der Waals surface area contributed by atoms with Gasteiger partial charge in [-0.1, -0.05) is 48.5 Å². The molecule has 1 heterocycles. The second-order valence-electron chi connectivity index (χ2n) is 6.59. The van der Waals surface area contributed by atoms with Crippen LogP contribution in [0.1, 0.15) is 6.42 Å². The Hall–Kier alpha value is -3.34. The highest BCUT2D eigenvalue weighted by Gasteiger charge is 2.35. The number of hydrogen-bond acceptors (Lipinski definition) is 3. The van der Waals surface area contributed by atoms with Gasteiger partial charge in [-0.15, -0.1) is 0 Å². The van der Waals surface area contributed by atoms with Crippen LogP contribution >= 0.6 is 0 Å². The van der Waals surface area contributed by atoms with Gasteiger partial charge in [0, 0.05) is 18.4 Å². The van der Waals surface area contributed by atoms with Crippen molar-refractivity contribution in [3.8, 4) is 5.75 Å². The Kier molecular flexibility index (Phi) is 4.50. The van der Waals surface area contributed by atoms with Gasteiger partial charge in [-0.05, 0) is 23.6 Å². The van der Waals surface area contributed by atoms with E-state index in [1.807, 2.05) is 54.6 Å². The zero-order valence-corrected chi connectivity index (χ0v) is 15.0. The number of benzene rings is 3. The predicted octanol–water partition coefficient (Wildman–Crippen LogP) is 3.84. The molecule has 0 spiro atoms. The van der Waals surface area contributed by atoms with Gasteiger partial charge in [0.1, 0.15) is 5.75 Å². The molecule has 1 aliphatic rings. The molecule has 2 amide bonds. The number of anilines is 2. The Bertz CT molecular complexity index is 1010. The van der Waals surface area contributed by atoms with E-state index >= 15 is 0 Å². The molecule has 4 rings (SSSR count). The highest BCUT2D eigenvalue weighted by molar-refractivity contribution is 6.08. The molecular formula is C22H20N2O3. The summed E-state index contributed by atoms with van der Waals surface area (Å²) in [6, 6.07) is 21.1. The third-order valence-electron chi connectivity index (χ3n) is 4.92. The van der Waals surface area contributed by atoms with Crippen LogP contribution in [0, 0.1) is 5.92 Å². The SMILES string of the molecule is COc1ccccc1NC(=O)C1CC(=O)N(c2cccc3ccccc23)C1. The molecule has 136 valence electrons. The minimum absolute atomic E-state index is 0.0356. The summed E-state index contributed by atoms with van der Waals surface area (Å²) in [5, 5.41) is 4.98. The molecule has 1 N–H and O–H groups in total. The molecule has 1 unspecified atom stereocenters. The summed E-state index contributed by atoms with van der Waals surface area (Å²) in [4.78, 5) is 27.1. The van der Waals surface area contributed by atoms with E-state index in [9.17, 15) is 9.59 Å². The van der Waals surface area contributed by atoms with Crippen molar-refractivity contribution in [3.05, 3.63) is 66.7 Å². The van der Waals surface area contributed by atoms with Gasteiger partial charge in [0.15, 0.2) is 0 Å². The summed E-state index contributed by atoms with van der Waals surface area (Å²) in [6.07, 6.45) is 0.199. The van der Waals surface area contributed by atoms with Gasteiger partial charge in [0.05, 0.1) is 24.4 Å². The number of fused-ring (bicyclic) bond motifs is 1. The van der Waals surface area contributed by atoms with Gasteiger partial charge in [0.25, 0.3) is 0 Å². The molecule has 1 atom stereocenters. The van der Waals surface area contributed by atoms with E-state index in [0.717, 1.165) is 16.5 Å². The average Bonchev–Trinajstić information content (AvgIpc) is 3.09. The van der Waals surface area contributed by atoms with Gasteiger partial charge in [-0.2, -0.15) is 0 Å². The van der Waals surface area contributed by atoms with Crippen LogP contribution in [0.5, 0.6) is 5.75 Å². The van der Waals surface area contributed by atoms with Gasteiger partial charge in [0.2, 0.25) is 11.8 Å². The van der Waals surface area contributed by atoms with Crippen molar-refractivity contribution in [3.63, 3.8) is 0 Å². The van der Waals surface area contributed by atoms with Gasteiger partial charge in [-0.3, -0.25) is 9.59 Å². The van der Waals surface area contributed by atoms with Crippen LogP contribution in [0.3, 0.4) is 0 Å². The number of amides is 2. The molecule has 5 heteroatoms. The molecule has 1 aliphatic heterocycles. The fourth-order valence-corrected chi connectivity index (χ4v) is 3.54. The number of para-hydroxylation sites is 2. The molecule has 3 aromatic carbocycles. The van der Waals surface area contributed by atoms with Crippen molar-refractivity contribution in [2.45, 2.75) is 6.42 Å². The quantitative estimate of drug-likeness (QED) is 0.769. The zero-order chi connectivity index (χ0) is 18.8. The van der Waals surface area contributed by atoms with Crippen LogP contribution in [-0.2, 0) is 9.59 Å². The number of nitrogens with zero attached hydrogens (tertiary/aromatic N) is 1. The maximum atomic E-state index is 12.7. The van der Waals surface area contributed by atoms with Crippen LogP contribution in [0.4, 0.5) is 11.4 Å². The molecule has 0 saturated carbocycles. The lowest BCUT2D eigenvalue weighted by atomic mass is 10.1. The first-order chi connectivity index (χ1) is 13.2. The van der Waals surface area contributed by atoms with E-state index in [0.29, 0.717) is 18.0 Å². The second-order valence-corrected chi connectivity index (χ2v) is 6.59. The molecule has 1 fully saturated rings. The normalized spacial score (nSPS) is 16.6. The van der Waals surface area contributed by atoms with Crippen molar-refractivity contribution < 1.29 is 14.3 Å². The van der Waals surface area contributed by atoms with Crippen LogP contribution in [0.25, 0.3) is 10.8 Å². The molecule has 3 aromatic rings. The van der Waals surface area contributed by atoms with E-state index in [1.165, 1.54) is 0 Å². The second kappa shape index (κ2) is 7.11. The molecule has 1 saturated heterocycles. The van der Waals surface area contributed by atoms with Gasteiger partial charge in [-0.25, -0.2) is 0 Å². The van der Waals surface area contributed by atoms with Crippen LogP contribution < -0.4 is 15.0 Å². The maximum absolute atomic E-state index is 12.7. The minimum atomic E-state index is -0.401. The first-order valence-corrected chi connectivity index (χ1v) is 8.89. The van der Waals surface area contributed by atoms with Crippen molar-refractivity contribution >= 4 is 34.0 Å². The van der Waals surface area contributed by atoms with Gasteiger partial charge < -0.3 is 15.0 Å². The van der Waals surface area contributed by atoms with Crippen LogP contribution in [-0.4, -0.2) is 25.5 Å². The number of carbonyl (C=O) groups is 2. The van der Waals surface area contributed by atoms with Crippen molar-refractivity contribution in [2.24, 2.45) is 5.92 Å². The fraction of sp³-hybridized carbons (Fsp3) is 0.182. The number of nitrogens with one attached hydrogen (secondary N) is 1. The molecule has 0 aliphatic carbocycles. The van der Waals surface area contributed by atoms with Gasteiger partial charge >= 0.3 is 0 Å². The molecule has 0 aromatic heterocycles. The molecule has 5 nitrogen and oxygen atoms in total. The minimum Gasteiger partial charge on any atom is -0.495 e. The van der Waals surface area contributed by atoms with E-state index in [2.05, 4.69) is 5.32 Å². The summed E-state index contributed by atoms with van der Waals surface area (Å²) in [5.41, 5.74) is 1.46. The third kappa shape index (κ3) is 3.24. The van der Waals surface area contributed by atoms with E-state index < -0.39 is 5.92 Å². The number of rotatable bonds is 4. The fourth-order valence-electron chi connectivity index (χ4n) is 3.54. The van der Waals surface area contributed by atoms with Crippen molar-refractivity contribution in [2.75, 3.05) is 23.9 Å². The van der Waals surface area contributed by atoms with Crippen molar-refractivity contribution in [1.82, 2.24) is 0 Å². The van der Waals surface area contributed by atoms with Crippen molar-refractivity contribution in [1.29, 1.82) is 0 Å². The summed E-state index contributed by atoms with van der Waals surface area (Å²) < 4.78 is 5.28. The summed E-state index contributed by atoms with van der Waals surface area (Å²) in [5.74, 6) is -0.00965. The molecule has 0 radical (unpaired) electrons. The first-order valence-electron chi connectivity index (χ1n) is 8.89. The number of methoxy groups -OCH3 is 1. The summed E-state index contributed by atoms with van der Waals surface area (Å²) >= 11 is 0. The number of hydrogen-bond donors (Lipinski definition) is 1. The molecular weight excluding hydrogens is 340 g/mol. The number of ether oxygens (including phenoxy) is 1. The lowest BCUT2D eigenvalue weighted by Crippen LogP contribution is -2.28. The molecule has 27 heavy (non-hydrogen) atoms. The lowest BCUT2D eigenvalue weighted by molar-refractivity contribution is -0.122. The van der Waals surface area contributed by atoms with Crippen LogP contribution in [0.15, 0.2) is 66.7 Å². The highest BCUT2D eigenvalue weighted by atomic mass is 16.5. The topological polar surface area (TPSA) is 58.6 Å². The maximum Gasteiger partial charge on any atom is 0.229 e. The standard InChI is InChI=1S/C22H20N2O3/c1-27-20-12-5-4-10-18(20)23-22(26)16-13-21(25)24(14-16)19-11-6-8-15-7-2-3-9-17(15)19/h2-12,16H,13-14H2,1H3,(H,23,26). The third-order valence-corrected chi connectivity index (χ3v) is 4.92. The first kappa shape index (κ1) is 17.1. The zero-order valence-electron chi connectivity index (χ0n) is 15.0. The predicted molar refractivity (Wildman–Crippen MR) is 106 cm³/mol. The lowest BCUT2D eigenvalue weighted by Gasteiger charge is -2.19. The molecule has 0 bridgehead atoms. The van der Waals surface area contributed by atoms with Crippen LogP contribution in [0.2, 0.25) is 0 Å².